The number of aliphatic carboxylic acids is 2. The number of rotatable bonds is 16. The van der Waals surface area contributed by atoms with E-state index >= 15 is 0 Å². The van der Waals surface area contributed by atoms with E-state index in [9.17, 15) is 14.4 Å². The zero-order valence-corrected chi connectivity index (χ0v) is 18.0. The fraction of sp³-hybridized carbons (Fsp3) is 0.773. The third kappa shape index (κ3) is 18.9. The lowest BCUT2D eigenvalue weighted by molar-refractivity contribution is -0.148. The van der Waals surface area contributed by atoms with Crippen LogP contribution in [-0.2, 0) is 19.1 Å². The van der Waals surface area contributed by atoms with E-state index in [1.54, 1.807) is 0 Å². The molecule has 0 amide bonds. The van der Waals surface area contributed by atoms with Crippen molar-refractivity contribution < 1.29 is 29.3 Å². The number of esters is 1. The molecule has 0 bridgehead atoms. The van der Waals surface area contributed by atoms with Crippen molar-refractivity contribution in [3.63, 3.8) is 0 Å². The number of carbonyl (C=O) groups is 3. The minimum atomic E-state index is -1.04. The number of hydrogen-bond acceptors (Lipinski definition) is 4. The molecule has 0 aromatic carbocycles. The van der Waals surface area contributed by atoms with Gasteiger partial charge in [-0.15, -0.1) is 0 Å². The SMILES string of the molecule is C=CC(=O)OC(CC)CCCCCCCC.CCCCC(CC(=O)O)C(=O)O. The van der Waals surface area contributed by atoms with Gasteiger partial charge in [0.2, 0.25) is 0 Å². The Kier molecular flexibility index (Phi) is 20.2. The summed E-state index contributed by atoms with van der Waals surface area (Å²) in [6.45, 7) is 9.63. The van der Waals surface area contributed by atoms with E-state index in [1.807, 2.05) is 6.92 Å². The van der Waals surface area contributed by atoms with Crippen molar-refractivity contribution in [1.82, 2.24) is 0 Å². The predicted molar refractivity (Wildman–Crippen MR) is 111 cm³/mol. The second-order valence-electron chi connectivity index (χ2n) is 7.00. The average molecular weight is 401 g/mol. The van der Waals surface area contributed by atoms with Crippen molar-refractivity contribution in [3.8, 4) is 0 Å². The van der Waals surface area contributed by atoms with Crippen LogP contribution in [0.2, 0.25) is 0 Å². The fourth-order valence-electron chi connectivity index (χ4n) is 2.69. The number of carboxylic acids is 2. The zero-order chi connectivity index (χ0) is 21.8. The average Bonchev–Trinajstić information content (AvgIpc) is 2.66. The number of ether oxygens (including phenoxy) is 1. The number of carboxylic acid groups (broad SMARTS) is 2. The second kappa shape index (κ2) is 19.9. The molecule has 0 saturated heterocycles. The predicted octanol–water partition coefficient (Wildman–Crippen LogP) is 5.60. The van der Waals surface area contributed by atoms with Crippen LogP contribution in [0.3, 0.4) is 0 Å². The lowest BCUT2D eigenvalue weighted by Crippen LogP contribution is -2.17. The Morgan fingerprint density at radius 2 is 1.46 bits per heavy atom. The van der Waals surface area contributed by atoms with E-state index in [1.165, 1.54) is 38.2 Å². The first-order valence-electron chi connectivity index (χ1n) is 10.6. The smallest absolute Gasteiger partial charge is 0.330 e. The van der Waals surface area contributed by atoms with Crippen LogP contribution >= 0.6 is 0 Å². The van der Waals surface area contributed by atoms with Gasteiger partial charge in [0, 0.05) is 6.08 Å². The van der Waals surface area contributed by atoms with Crippen LogP contribution in [0.1, 0.15) is 97.8 Å². The molecule has 6 heteroatoms. The van der Waals surface area contributed by atoms with Gasteiger partial charge in [0.25, 0.3) is 0 Å². The molecule has 28 heavy (non-hydrogen) atoms. The fourth-order valence-corrected chi connectivity index (χ4v) is 2.69. The summed E-state index contributed by atoms with van der Waals surface area (Å²) in [5.74, 6) is -3.07. The Morgan fingerprint density at radius 1 is 0.893 bits per heavy atom. The molecule has 0 aliphatic heterocycles. The highest BCUT2D eigenvalue weighted by Crippen LogP contribution is 2.13. The molecular weight excluding hydrogens is 360 g/mol. The van der Waals surface area contributed by atoms with E-state index in [4.69, 9.17) is 14.9 Å². The van der Waals surface area contributed by atoms with Crippen molar-refractivity contribution in [2.24, 2.45) is 5.92 Å². The monoisotopic (exact) mass is 400 g/mol. The molecule has 0 fully saturated rings. The van der Waals surface area contributed by atoms with Gasteiger partial charge in [-0.1, -0.05) is 72.3 Å². The molecule has 2 N–H and O–H groups in total. The van der Waals surface area contributed by atoms with Gasteiger partial charge in [-0.3, -0.25) is 9.59 Å². The van der Waals surface area contributed by atoms with Crippen LogP contribution in [0.25, 0.3) is 0 Å². The van der Waals surface area contributed by atoms with E-state index in [-0.39, 0.29) is 18.5 Å². The van der Waals surface area contributed by atoms with Crippen molar-refractivity contribution in [2.45, 2.75) is 104 Å². The molecule has 0 saturated carbocycles. The maximum atomic E-state index is 11.0. The summed E-state index contributed by atoms with van der Waals surface area (Å²) < 4.78 is 5.22. The van der Waals surface area contributed by atoms with Crippen LogP contribution < -0.4 is 0 Å². The first-order chi connectivity index (χ1) is 13.3. The third-order valence-electron chi connectivity index (χ3n) is 4.46. The van der Waals surface area contributed by atoms with Gasteiger partial charge in [0.05, 0.1) is 12.3 Å². The van der Waals surface area contributed by atoms with Gasteiger partial charge in [-0.25, -0.2) is 4.79 Å². The molecule has 0 rings (SSSR count). The van der Waals surface area contributed by atoms with Gasteiger partial charge >= 0.3 is 17.9 Å². The Labute approximate surface area is 170 Å². The van der Waals surface area contributed by atoms with Crippen LogP contribution in [0.4, 0.5) is 0 Å². The van der Waals surface area contributed by atoms with Gasteiger partial charge in [-0.05, 0) is 25.7 Å². The number of carbonyl (C=O) groups excluding carboxylic acids is 1. The highest BCUT2D eigenvalue weighted by molar-refractivity contribution is 5.81. The lowest BCUT2D eigenvalue weighted by atomic mass is 9.99. The largest absolute Gasteiger partial charge is 0.481 e. The highest BCUT2D eigenvalue weighted by Gasteiger charge is 2.19. The molecule has 0 spiro atoms. The molecule has 2 atom stereocenters. The Bertz CT molecular complexity index is 433. The molecule has 0 aromatic rings. The molecule has 6 nitrogen and oxygen atoms in total. The Morgan fingerprint density at radius 3 is 1.93 bits per heavy atom. The molecule has 0 radical (unpaired) electrons. The van der Waals surface area contributed by atoms with Gasteiger partial charge in [-0.2, -0.15) is 0 Å². The number of hydrogen-bond donors (Lipinski definition) is 2. The first kappa shape index (κ1) is 28.4. The quantitative estimate of drug-likeness (QED) is 0.199. The Hall–Kier alpha value is -1.85. The number of unbranched alkanes of at least 4 members (excludes halogenated alkanes) is 6. The summed E-state index contributed by atoms with van der Waals surface area (Å²) in [5.41, 5.74) is 0. The van der Waals surface area contributed by atoms with Crippen LogP contribution in [0.15, 0.2) is 12.7 Å². The molecule has 0 aliphatic rings. The lowest BCUT2D eigenvalue weighted by Gasteiger charge is -2.14. The van der Waals surface area contributed by atoms with Gasteiger partial charge in [0.1, 0.15) is 6.10 Å². The van der Waals surface area contributed by atoms with Gasteiger partial charge < -0.3 is 14.9 Å². The minimum Gasteiger partial charge on any atom is -0.481 e. The van der Waals surface area contributed by atoms with E-state index in [2.05, 4.69) is 20.4 Å². The van der Waals surface area contributed by atoms with Gasteiger partial charge in [0.15, 0.2) is 0 Å². The van der Waals surface area contributed by atoms with Crippen LogP contribution in [-0.4, -0.2) is 34.2 Å². The zero-order valence-electron chi connectivity index (χ0n) is 18.0. The Balaban J connectivity index is 0. The first-order valence-corrected chi connectivity index (χ1v) is 10.6. The maximum absolute atomic E-state index is 11.0. The molecule has 0 aromatic heterocycles. The summed E-state index contributed by atoms with van der Waals surface area (Å²) in [4.78, 5) is 31.7. The summed E-state index contributed by atoms with van der Waals surface area (Å²) in [6, 6.07) is 0. The summed E-state index contributed by atoms with van der Waals surface area (Å²) in [6.07, 6.45) is 12.7. The molecular formula is C22H40O6. The minimum absolute atomic E-state index is 0.0803. The van der Waals surface area contributed by atoms with Crippen LogP contribution in [0.5, 0.6) is 0 Å². The topological polar surface area (TPSA) is 101 Å². The van der Waals surface area contributed by atoms with Crippen molar-refractivity contribution >= 4 is 17.9 Å². The molecule has 164 valence electrons. The molecule has 0 heterocycles. The summed E-state index contributed by atoms with van der Waals surface area (Å²) in [5, 5.41) is 17.0. The second-order valence-corrected chi connectivity index (χ2v) is 7.00. The van der Waals surface area contributed by atoms with E-state index in [0.29, 0.717) is 6.42 Å². The van der Waals surface area contributed by atoms with Crippen molar-refractivity contribution in [2.75, 3.05) is 0 Å². The van der Waals surface area contributed by atoms with E-state index in [0.717, 1.165) is 32.1 Å². The normalized spacial score (nSPS) is 12.2. The third-order valence-corrected chi connectivity index (χ3v) is 4.46. The highest BCUT2D eigenvalue weighted by atomic mass is 16.5. The van der Waals surface area contributed by atoms with Crippen molar-refractivity contribution in [3.05, 3.63) is 12.7 Å². The summed E-state index contributed by atoms with van der Waals surface area (Å²) in [7, 11) is 0. The van der Waals surface area contributed by atoms with Crippen LogP contribution in [0, 0.1) is 5.92 Å². The van der Waals surface area contributed by atoms with Crippen molar-refractivity contribution in [1.29, 1.82) is 0 Å². The summed E-state index contributed by atoms with van der Waals surface area (Å²) >= 11 is 0. The molecule has 0 aliphatic carbocycles. The molecule has 2 unspecified atom stereocenters. The standard InChI is InChI=1S/C14H26O2.C8H14O4/c1-4-7-8-9-10-11-12-13(5-2)16-14(15)6-3;1-2-3-4-6(8(11)12)5-7(9)10/h6,13H,3-5,7-12H2,1-2H3;6H,2-5H2,1H3,(H,9,10)(H,11,12). The maximum Gasteiger partial charge on any atom is 0.330 e. The van der Waals surface area contributed by atoms with E-state index < -0.39 is 17.9 Å².